The first-order chi connectivity index (χ1) is 5.44. The Morgan fingerprint density at radius 2 is 1.00 bits per heavy atom. The Kier molecular flexibility index (Phi) is 2.62. The lowest BCUT2D eigenvalue weighted by Crippen LogP contribution is -2.57. The molecule has 0 atom stereocenters. The van der Waals surface area contributed by atoms with Crippen molar-refractivity contribution in [1.82, 2.24) is 0 Å². The minimum atomic E-state index is -6.66. The van der Waals surface area contributed by atoms with Gasteiger partial charge in [0.2, 0.25) is 0 Å². The van der Waals surface area contributed by atoms with Crippen molar-refractivity contribution in [2.45, 2.75) is 18.0 Å². The van der Waals surface area contributed by atoms with Crippen molar-refractivity contribution in [1.29, 1.82) is 0 Å². The fraction of sp³-hybridized carbons (Fsp3) is 0.750. The number of hydrogen-bond acceptors (Lipinski definition) is 1. The Balaban J connectivity index is 5.35. The number of carbonyl (C=O) groups is 1. The minimum absolute atomic E-state index is 4.13. The average Bonchev–Trinajstić information content (AvgIpc) is 1.80. The standard InChI is InChI=1S/C4F8O/c5-1(13)2(6,3(7,8)9)4(10,11)12. The Bertz CT molecular complexity index is 197. The second kappa shape index (κ2) is 2.81. The highest BCUT2D eigenvalue weighted by atomic mass is 19.4. The maximum Gasteiger partial charge on any atom is 0.442 e. The highest BCUT2D eigenvalue weighted by Gasteiger charge is 2.78. The van der Waals surface area contributed by atoms with Gasteiger partial charge in [-0.1, -0.05) is 0 Å². The zero-order valence-electron chi connectivity index (χ0n) is 5.43. The normalized spacial score (nSPS) is 14.5. The van der Waals surface area contributed by atoms with Gasteiger partial charge >= 0.3 is 24.1 Å². The van der Waals surface area contributed by atoms with E-state index >= 15 is 0 Å². The lowest BCUT2D eigenvalue weighted by atomic mass is 10.1. The van der Waals surface area contributed by atoms with Gasteiger partial charge in [-0.25, -0.2) is 4.39 Å². The predicted octanol–water partition coefficient (Wildman–Crippen LogP) is 2.32. The van der Waals surface area contributed by atoms with Gasteiger partial charge in [-0.3, -0.25) is 4.79 Å². The second-order valence-corrected chi connectivity index (χ2v) is 1.93. The van der Waals surface area contributed by atoms with Crippen LogP contribution in [0.2, 0.25) is 0 Å². The van der Waals surface area contributed by atoms with Crippen LogP contribution < -0.4 is 0 Å². The Hall–Kier alpha value is -0.890. The van der Waals surface area contributed by atoms with Crippen molar-refractivity contribution in [2.75, 3.05) is 0 Å². The molecule has 0 saturated carbocycles. The molecule has 9 heteroatoms. The lowest BCUT2D eigenvalue weighted by molar-refractivity contribution is -0.328. The maximum absolute atomic E-state index is 12.0. The van der Waals surface area contributed by atoms with E-state index in [0.29, 0.717) is 0 Å². The van der Waals surface area contributed by atoms with Gasteiger partial charge in [0.05, 0.1) is 0 Å². The van der Waals surface area contributed by atoms with Crippen LogP contribution >= 0.6 is 0 Å². The minimum Gasteiger partial charge on any atom is -0.257 e. The van der Waals surface area contributed by atoms with Crippen molar-refractivity contribution in [3.63, 3.8) is 0 Å². The van der Waals surface area contributed by atoms with E-state index in [1.165, 1.54) is 0 Å². The van der Waals surface area contributed by atoms with E-state index in [1.807, 2.05) is 0 Å². The third kappa shape index (κ3) is 1.73. The molecule has 0 spiro atoms. The van der Waals surface area contributed by atoms with E-state index in [2.05, 4.69) is 0 Å². The molecule has 0 rings (SSSR count). The fourth-order valence-corrected chi connectivity index (χ4v) is 0.384. The highest BCUT2D eigenvalue weighted by Crippen LogP contribution is 2.46. The molecule has 0 aliphatic rings. The van der Waals surface area contributed by atoms with Gasteiger partial charge < -0.3 is 0 Å². The van der Waals surface area contributed by atoms with Crippen LogP contribution in [0.4, 0.5) is 35.1 Å². The highest BCUT2D eigenvalue weighted by molar-refractivity contribution is 5.80. The van der Waals surface area contributed by atoms with Crippen LogP contribution in [0.15, 0.2) is 0 Å². The summed E-state index contributed by atoms with van der Waals surface area (Å²) in [7, 11) is 0. The summed E-state index contributed by atoms with van der Waals surface area (Å²) >= 11 is 0. The quantitative estimate of drug-likeness (QED) is 0.485. The van der Waals surface area contributed by atoms with Crippen LogP contribution in [-0.2, 0) is 4.79 Å². The van der Waals surface area contributed by atoms with Crippen molar-refractivity contribution in [3.8, 4) is 0 Å². The summed E-state index contributed by atoms with van der Waals surface area (Å²) in [5, 5.41) is 0. The van der Waals surface area contributed by atoms with Gasteiger partial charge in [0.1, 0.15) is 0 Å². The number of rotatable bonds is 1. The fourth-order valence-electron chi connectivity index (χ4n) is 0.384. The first kappa shape index (κ1) is 12.1. The summed E-state index contributed by atoms with van der Waals surface area (Å²) in [6.07, 6.45) is -13.3. The molecule has 0 heterocycles. The smallest absolute Gasteiger partial charge is 0.257 e. The van der Waals surface area contributed by atoms with E-state index in [0.717, 1.165) is 0 Å². The van der Waals surface area contributed by atoms with Crippen LogP contribution in [0.1, 0.15) is 0 Å². The molecular formula is C4F8O. The molecule has 0 aromatic carbocycles. The zero-order chi connectivity index (χ0) is 11.1. The first-order valence-corrected chi connectivity index (χ1v) is 2.47. The predicted molar refractivity (Wildman–Crippen MR) is 22.1 cm³/mol. The molecule has 1 nitrogen and oxygen atoms in total. The van der Waals surface area contributed by atoms with Crippen molar-refractivity contribution < 1.29 is 39.9 Å². The number of halogens is 8. The van der Waals surface area contributed by atoms with Gasteiger partial charge in [0, 0.05) is 0 Å². The number of carbonyl (C=O) groups excluding carboxylic acids is 1. The average molecular weight is 216 g/mol. The molecular weight excluding hydrogens is 216 g/mol. The lowest BCUT2D eigenvalue weighted by Gasteiger charge is -2.24. The van der Waals surface area contributed by atoms with Gasteiger partial charge in [-0.15, -0.1) is 0 Å². The molecule has 0 unspecified atom stereocenters. The summed E-state index contributed by atoms with van der Waals surface area (Å²) in [6.45, 7) is 0. The van der Waals surface area contributed by atoms with E-state index in [-0.39, 0.29) is 0 Å². The Morgan fingerprint density at radius 3 is 1.00 bits per heavy atom. The third-order valence-electron chi connectivity index (χ3n) is 1.05. The SMILES string of the molecule is O=C(F)C(F)(C(F)(F)F)C(F)(F)F. The molecule has 78 valence electrons. The molecule has 0 N–H and O–H groups in total. The third-order valence-corrected chi connectivity index (χ3v) is 1.05. The van der Waals surface area contributed by atoms with Crippen molar-refractivity contribution in [2.24, 2.45) is 0 Å². The summed E-state index contributed by atoms with van der Waals surface area (Å²) in [5.41, 5.74) is -6.43. The largest absolute Gasteiger partial charge is 0.442 e. The van der Waals surface area contributed by atoms with Gasteiger partial charge in [0.25, 0.3) is 0 Å². The molecule has 0 radical (unpaired) electrons. The van der Waals surface area contributed by atoms with Crippen LogP contribution in [0.3, 0.4) is 0 Å². The number of alkyl halides is 7. The molecule has 0 amide bonds. The Labute approximate surface area is 65.3 Å². The van der Waals surface area contributed by atoms with E-state index in [1.54, 1.807) is 0 Å². The molecule has 0 fully saturated rings. The zero-order valence-corrected chi connectivity index (χ0v) is 5.43. The van der Waals surface area contributed by atoms with Gasteiger partial charge in [-0.05, 0) is 0 Å². The monoisotopic (exact) mass is 216 g/mol. The van der Waals surface area contributed by atoms with E-state index in [9.17, 15) is 39.9 Å². The van der Waals surface area contributed by atoms with E-state index < -0.39 is 24.1 Å². The molecule has 0 saturated heterocycles. The summed E-state index contributed by atoms with van der Waals surface area (Å²) in [4.78, 5) is 9.28. The topological polar surface area (TPSA) is 17.1 Å². The van der Waals surface area contributed by atoms with Crippen LogP contribution in [0.5, 0.6) is 0 Å². The van der Waals surface area contributed by atoms with Crippen LogP contribution in [0, 0.1) is 0 Å². The van der Waals surface area contributed by atoms with Crippen LogP contribution in [0.25, 0.3) is 0 Å². The number of hydrogen-bond donors (Lipinski definition) is 0. The van der Waals surface area contributed by atoms with Crippen LogP contribution in [-0.4, -0.2) is 24.1 Å². The van der Waals surface area contributed by atoms with Gasteiger partial charge in [0.15, 0.2) is 0 Å². The molecule has 0 aliphatic heterocycles. The summed E-state index contributed by atoms with van der Waals surface area (Å²) < 4.78 is 91.0. The Morgan fingerprint density at radius 1 is 0.769 bits per heavy atom. The summed E-state index contributed by atoms with van der Waals surface area (Å²) in [6, 6.07) is -4.13. The van der Waals surface area contributed by atoms with Crippen molar-refractivity contribution in [3.05, 3.63) is 0 Å². The summed E-state index contributed by atoms with van der Waals surface area (Å²) in [5.74, 6) is 0. The molecule has 0 aliphatic carbocycles. The molecule has 13 heavy (non-hydrogen) atoms. The first-order valence-electron chi connectivity index (χ1n) is 2.47. The molecule has 0 bridgehead atoms. The van der Waals surface area contributed by atoms with Gasteiger partial charge in [-0.2, -0.15) is 30.7 Å². The van der Waals surface area contributed by atoms with E-state index in [4.69, 9.17) is 0 Å². The van der Waals surface area contributed by atoms with Crippen molar-refractivity contribution >= 4 is 6.04 Å². The maximum atomic E-state index is 12.0. The second-order valence-electron chi connectivity index (χ2n) is 1.93. The molecule has 0 aromatic heterocycles. The molecule has 0 aromatic rings.